The number of nitrogens with one attached hydrogen (secondary N) is 1. The van der Waals surface area contributed by atoms with E-state index in [1.54, 1.807) is 6.92 Å². The second-order valence-electron chi connectivity index (χ2n) is 4.32. The van der Waals surface area contributed by atoms with E-state index in [0.717, 1.165) is 12.1 Å². The van der Waals surface area contributed by atoms with Gasteiger partial charge in [0.1, 0.15) is 5.75 Å². The van der Waals surface area contributed by atoms with E-state index in [4.69, 9.17) is 0 Å². The van der Waals surface area contributed by atoms with Gasteiger partial charge in [-0.2, -0.15) is 5.10 Å². The van der Waals surface area contributed by atoms with Crippen molar-refractivity contribution in [2.24, 2.45) is 5.10 Å². The molecule has 0 aliphatic heterocycles. The Morgan fingerprint density at radius 2 is 1.86 bits per heavy atom. The Morgan fingerprint density at radius 3 is 2.52 bits per heavy atom. The summed E-state index contributed by atoms with van der Waals surface area (Å²) in [5, 5.41) is 13.1. The number of phenols is 1. The average Bonchev–Trinajstić information content (AvgIpc) is 2.47. The summed E-state index contributed by atoms with van der Waals surface area (Å²) < 4.78 is 25.9. The highest BCUT2D eigenvalue weighted by Gasteiger charge is 2.07. The Bertz CT molecular complexity index is 715. The van der Waals surface area contributed by atoms with Crippen LogP contribution in [0.25, 0.3) is 0 Å². The fourth-order valence-electron chi connectivity index (χ4n) is 1.63. The third kappa shape index (κ3) is 3.62. The molecule has 2 aromatic rings. The van der Waals surface area contributed by atoms with E-state index in [-0.39, 0.29) is 11.3 Å². The second kappa shape index (κ2) is 6.13. The number of hydrogen-bond donors (Lipinski definition) is 2. The molecule has 0 atom stereocenters. The molecule has 0 aliphatic rings. The van der Waals surface area contributed by atoms with Crippen LogP contribution in [0.1, 0.15) is 22.8 Å². The normalized spacial score (nSPS) is 11.3. The Morgan fingerprint density at radius 1 is 1.10 bits per heavy atom. The van der Waals surface area contributed by atoms with Gasteiger partial charge in [0.15, 0.2) is 11.6 Å². The smallest absolute Gasteiger partial charge is 0.271 e. The van der Waals surface area contributed by atoms with Crippen molar-refractivity contribution in [2.45, 2.75) is 6.92 Å². The van der Waals surface area contributed by atoms with Gasteiger partial charge in [0.05, 0.1) is 5.71 Å². The summed E-state index contributed by atoms with van der Waals surface area (Å²) in [5.41, 5.74) is 3.19. The Hall–Kier alpha value is -2.76. The number of hydrogen-bond acceptors (Lipinski definition) is 3. The van der Waals surface area contributed by atoms with Crippen LogP contribution < -0.4 is 5.43 Å². The maximum absolute atomic E-state index is 13.1. The van der Waals surface area contributed by atoms with Crippen LogP contribution in [-0.2, 0) is 0 Å². The lowest BCUT2D eigenvalue weighted by atomic mass is 10.1. The zero-order chi connectivity index (χ0) is 15.4. The molecule has 6 heteroatoms. The monoisotopic (exact) mass is 290 g/mol. The molecular formula is C15H12F2N2O2. The van der Waals surface area contributed by atoms with Crippen molar-refractivity contribution in [3.63, 3.8) is 0 Å². The average molecular weight is 290 g/mol. The van der Waals surface area contributed by atoms with E-state index in [0.29, 0.717) is 11.3 Å². The van der Waals surface area contributed by atoms with Crippen molar-refractivity contribution in [1.82, 2.24) is 5.43 Å². The molecule has 0 bridgehead atoms. The van der Waals surface area contributed by atoms with Crippen LogP contribution in [0.3, 0.4) is 0 Å². The molecule has 2 rings (SSSR count). The number of benzene rings is 2. The second-order valence-corrected chi connectivity index (χ2v) is 4.32. The number of halogens is 2. The van der Waals surface area contributed by atoms with Gasteiger partial charge < -0.3 is 5.11 Å². The van der Waals surface area contributed by atoms with Gasteiger partial charge in [0.25, 0.3) is 5.91 Å². The number of nitrogens with zero attached hydrogens (tertiary/aromatic N) is 1. The first-order valence-corrected chi connectivity index (χ1v) is 6.06. The van der Waals surface area contributed by atoms with Crippen molar-refractivity contribution in [3.05, 3.63) is 65.2 Å². The highest BCUT2D eigenvalue weighted by atomic mass is 19.2. The molecule has 21 heavy (non-hydrogen) atoms. The Balaban J connectivity index is 2.13. The van der Waals surface area contributed by atoms with Gasteiger partial charge in [-0.15, -0.1) is 0 Å². The maximum atomic E-state index is 13.1. The van der Waals surface area contributed by atoms with E-state index < -0.39 is 17.5 Å². The summed E-state index contributed by atoms with van der Waals surface area (Å²) >= 11 is 0. The Kier molecular flexibility index (Phi) is 4.27. The van der Waals surface area contributed by atoms with Crippen LogP contribution in [0, 0.1) is 11.6 Å². The maximum Gasteiger partial charge on any atom is 0.271 e. The lowest BCUT2D eigenvalue weighted by Gasteiger charge is -2.04. The highest BCUT2D eigenvalue weighted by molar-refractivity contribution is 6.00. The lowest BCUT2D eigenvalue weighted by molar-refractivity contribution is 0.0954. The molecule has 108 valence electrons. The van der Waals surface area contributed by atoms with Crippen molar-refractivity contribution >= 4 is 11.6 Å². The van der Waals surface area contributed by atoms with E-state index in [9.17, 15) is 18.7 Å². The third-order valence-electron chi connectivity index (χ3n) is 2.77. The molecule has 0 heterocycles. The van der Waals surface area contributed by atoms with Crippen molar-refractivity contribution in [3.8, 4) is 5.75 Å². The zero-order valence-corrected chi connectivity index (χ0v) is 11.1. The van der Waals surface area contributed by atoms with Crippen LogP contribution in [0.5, 0.6) is 5.75 Å². The van der Waals surface area contributed by atoms with Crippen LogP contribution in [-0.4, -0.2) is 16.7 Å². The third-order valence-corrected chi connectivity index (χ3v) is 2.77. The number of hydrazone groups is 1. The highest BCUT2D eigenvalue weighted by Crippen LogP contribution is 2.11. The lowest BCUT2D eigenvalue weighted by Crippen LogP contribution is -2.19. The van der Waals surface area contributed by atoms with E-state index in [1.807, 2.05) is 0 Å². The van der Waals surface area contributed by atoms with Gasteiger partial charge in [-0.05, 0) is 43.3 Å². The van der Waals surface area contributed by atoms with E-state index in [2.05, 4.69) is 10.5 Å². The first-order chi connectivity index (χ1) is 9.97. The predicted octanol–water partition coefficient (Wildman–Crippen LogP) is 2.82. The van der Waals surface area contributed by atoms with Gasteiger partial charge in [0.2, 0.25) is 0 Å². The van der Waals surface area contributed by atoms with Gasteiger partial charge in [0, 0.05) is 11.1 Å². The molecule has 0 aromatic heterocycles. The van der Waals surface area contributed by atoms with Crippen LogP contribution in [0.4, 0.5) is 8.78 Å². The van der Waals surface area contributed by atoms with Crippen LogP contribution >= 0.6 is 0 Å². The quantitative estimate of drug-likeness (QED) is 0.674. The SMILES string of the molecule is C/C(=N/NC(=O)c1cccc(O)c1)c1ccc(F)c(F)c1. The minimum absolute atomic E-state index is 0.0380. The standard InChI is InChI=1S/C15H12F2N2O2/c1-9(10-5-6-13(16)14(17)8-10)18-19-15(21)11-3-2-4-12(20)7-11/h2-8,20H,1H3,(H,19,21)/b18-9-. The minimum atomic E-state index is -0.985. The van der Waals surface area contributed by atoms with Gasteiger partial charge >= 0.3 is 0 Å². The Labute approximate surface area is 119 Å². The largest absolute Gasteiger partial charge is 0.508 e. The molecule has 2 N–H and O–H groups in total. The van der Waals surface area contributed by atoms with Crippen molar-refractivity contribution in [1.29, 1.82) is 0 Å². The van der Waals surface area contributed by atoms with Crippen molar-refractivity contribution < 1.29 is 18.7 Å². The van der Waals surface area contributed by atoms with Gasteiger partial charge in [-0.3, -0.25) is 4.79 Å². The van der Waals surface area contributed by atoms with Crippen LogP contribution in [0.2, 0.25) is 0 Å². The fraction of sp³-hybridized carbons (Fsp3) is 0.0667. The molecule has 0 unspecified atom stereocenters. The fourth-order valence-corrected chi connectivity index (χ4v) is 1.63. The molecule has 0 spiro atoms. The number of carbonyl (C=O) groups excluding carboxylic acids is 1. The molecule has 1 amide bonds. The summed E-state index contributed by atoms with van der Waals surface area (Å²) in [6.45, 7) is 1.55. The predicted molar refractivity (Wildman–Crippen MR) is 74.1 cm³/mol. The molecular weight excluding hydrogens is 278 g/mol. The number of rotatable bonds is 3. The minimum Gasteiger partial charge on any atom is -0.508 e. The van der Waals surface area contributed by atoms with Gasteiger partial charge in [-0.1, -0.05) is 6.07 Å². The topological polar surface area (TPSA) is 61.7 Å². The molecule has 2 aromatic carbocycles. The molecule has 0 saturated heterocycles. The number of amides is 1. The van der Waals surface area contributed by atoms with Gasteiger partial charge in [-0.25, -0.2) is 14.2 Å². The van der Waals surface area contributed by atoms with E-state index in [1.165, 1.54) is 30.3 Å². The van der Waals surface area contributed by atoms with Crippen molar-refractivity contribution in [2.75, 3.05) is 0 Å². The molecule has 4 nitrogen and oxygen atoms in total. The summed E-state index contributed by atoms with van der Waals surface area (Å²) in [6.07, 6.45) is 0. The summed E-state index contributed by atoms with van der Waals surface area (Å²) in [4.78, 5) is 11.8. The number of aromatic hydroxyl groups is 1. The summed E-state index contributed by atoms with van der Waals surface area (Å²) in [5.74, 6) is -2.49. The first-order valence-electron chi connectivity index (χ1n) is 6.06. The van der Waals surface area contributed by atoms with Crippen LogP contribution in [0.15, 0.2) is 47.6 Å². The first kappa shape index (κ1) is 14.6. The summed E-state index contributed by atoms with van der Waals surface area (Å²) in [6, 6.07) is 9.10. The molecule has 0 aliphatic carbocycles. The zero-order valence-electron chi connectivity index (χ0n) is 11.1. The summed E-state index contributed by atoms with van der Waals surface area (Å²) in [7, 11) is 0. The molecule has 0 saturated carbocycles. The van der Waals surface area contributed by atoms with E-state index >= 15 is 0 Å². The number of phenolic OH excluding ortho intramolecular Hbond substituents is 1. The molecule has 0 fully saturated rings. The molecule has 0 radical (unpaired) electrons. The number of carbonyl (C=O) groups is 1.